The molecule has 1 saturated carbocycles. The fourth-order valence-corrected chi connectivity index (χ4v) is 2.93. The van der Waals surface area contributed by atoms with E-state index >= 15 is 0 Å². The van der Waals surface area contributed by atoms with E-state index in [1.807, 2.05) is 0 Å². The Kier molecular flexibility index (Phi) is 7.87. The lowest BCUT2D eigenvalue weighted by Crippen LogP contribution is -2.32. The van der Waals surface area contributed by atoms with E-state index in [2.05, 4.69) is 19.2 Å². The van der Waals surface area contributed by atoms with Crippen molar-refractivity contribution < 1.29 is 9.84 Å². The fourth-order valence-electron chi connectivity index (χ4n) is 2.93. The second kappa shape index (κ2) is 8.89. The summed E-state index contributed by atoms with van der Waals surface area (Å²) in [5.74, 6) is 1.74. The van der Waals surface area contributed by atoms with Crippen LogP contribution < -0.4 is 5.32 Å². The summed E-state index contributed by atoms with van der Waals surface area (Å²) in [6.45, 7) is 6.04. The first-order valence-corrected chi connectivity index (χ1v) is 7.53. The number of ether oxygens (including phenoxy) is 1. The number of hydrogen-bond acceptors (Lipinski definition) is 3. The van der Waals surface area contributed by atoms with E-state index in [1.165, 1.54) is 32.1 Å². The van der Waals surface area contributed by atoms with E-state index in [4.69, 9.17) is 4.74 Å². The van der Waals surface area contributed by atoms with Crippen LogP contribution in [0.4, 0.5) is 0 Å². The van der Waals surface area contributed by atoms with Crippen molar-refractivity contribution in [2.24, 2.45) is 11.8 Å². The first-order valence-electron chi connectivity index (χ1n) is 7.53. The average molecular weight is 257 g/mol. The summed E-state index contributed by atoms with van der Waals surface area (Å²) in [6.07, 6.45) is 7.15. The molecule has 0 aromatic carbocycles. The molecule has 0 radical (unpaired) electrons. The van der Waals surface area contributed by atoms with Crippen molar-refractivity contribution in [2.45, 2.75) is 64.5 Å². The summed E-state index contributed by atoms with van der Waals surface area (Å²) >= 11 is 0. The molecule has 0 spiro atoms. The van der Waals surface area contributed by atoms with E-state index in [-0.39, 0.29) is 6.10 Å². The Morgan fingerprint density at radius 1 is 1.22 bits per heavy atom. The minimum absolute atomic E-state index is 0.323. The van der Waals surface area contributed by atoms with Gasteiger partial charge in [-0.05, 0) is 44.1 Å². The van der Waals surface area contributed by atoms with Crippen LogP contribution in [-0.4, -0.2) is 37.5 Å². The highest BCUT2D eigenvalue weighted by Crippen LogP contribution is 2.28. The Bertz CT molecular complexity index is 209. The summed E-state index contributed by atoms with van der Waals surface area (Å²) in [5.41, 5.74) is 0. The quantitative estimate of drug-likeness (QED) is 0.689. The molecule has 3 unspecified atom stereocenters. The summed E-state index contributed by atoms with van der Waals surface area (Å²) in [5, 5.41) is 13.2. The van der Waals surface area contributed by atoms with E-state index in [9.17, 15) is 5.11 Å². The van der Waals surface area contributed by atoms with Crippen molar-refractivity contribution in [3.63, 3.8) is 0 Å². The lowest BCUT2D eigenvalue weighted by atomic mass is 9.89. The predicted molar refractivity (Wildman–Crippen MR) is 75.7 cm³/mol. The van der Waals surface area contributed by atoms with E-state index in [1.54, 1.807) is 7.11 Å². The minimum Gasteiger partial charge on any atom is -0.391 e. The first kappa shape index (κ1) is 15.9. The van der Waals surface area contributed by atoms with Gasteiger partial charge >= 0.3 is 0 Å². The van der Waals surface area contributed by atoms with Gasteiger partial charge in [-0.3, -0.25) is 0 Å². The third kappa shape index (κ3) is 6.17. The molecule has 0 saturated heterocycles. The zero-order valence-electron chi connectivity index (χ0n) is 12.3. The molecule has 1 aliphatic rings. The second-order valence-electron chi connectivity index (χ2n) is 6.06. The van der Waals surface area contributed by atoms with Gasteiger partial charge in [0.25, 0.3) is 0 Å². The number of rotatable bonds is 7. The zero-order chi connectivity index (χ0) is 13.4. The molecule has 3 nitrogen and oxygen atoms in total. The first-order chi connectivity index (χ1) is 8.63. The molecule has 18 heavy (non-hydrogen) atoms. The Balaban J connectivity index is 2.15. The molecule has 1 aliphatic carbocycles. The number of aliphatic hydroxyl groups excluding tert-OH is 1. The van der Waals surface area contributed by atoms with Gasteiger partial charge in [0.05, 0.1) is 12.7 Å². The van der Waals surface area contributed by atoms with Crippen LogP contribution in [0.5, 0.6) is 0 Å². The SMILES string of the molecule is COCC(O)CCNC1CCCC(C(C)C)CC1. The molecular weight excluding hydrogens is 226 g/mol. The largest absolute Gasteiger partial charge is 0.391 e. The van der Waals surface area contributed by atoms with Gasteiger partial charge in [-0.2, -0.15) is 0 Å². The number of aliphatic hydroxyl groups is 1. The molecule has 3 heteroatoms. The summed E-state index contributed by atoms with van der Waals surface area (Å²) in [6, 6.07) is 0.656. The van der Waals surface area contributed by atoms with Crippen LogP contribution in [0.25, 0.3) is 0 Å². The second-order valence-corrected chi connectivity index (χ2v) is 6.06. The Morgan fingerprint density at radius 3 is 2.67 bits per heavy atom. The van der Waals surface area contributed by atoms with Crippen molar-refractivity contribution in [3.8, 4) is 0 Å². The maximum Gasteiger partial charge on any atom is 0.0785 e. The van der Waals surface area contributed by atoms with Crippen LogP contribution in [0.2, 0.25) is 0 Å². The van der Waals surface area contributed by atoms with E-state index in [0.717, 1.165) is 24.8 Å². The Labute approximate surface area is 112 Å². The van der Waals surface area contributed by atoms with Crippen LogP contribution >= 0.6 is 0 Å². The molecule has 0 bridgehead atoms. The monoisotopic (exact) mass is 257 g/mol. The molecule has 0 amide bonds. The van der Waals surface area contributed by atoms with Gasteiger partial charge in [0.15, 0.2) is 0 Å². The number of nitrogens with one attached hydrogen (secondary N) is 1. The van der Waals surface area contributed by atoms with Crippen molar-refractivity contribution in [2.75, 3.05) is 20.3 Å². The third-order valence-electron chi connectivity index (χ3n) is 4.23. The minimum atomic E-state index is -0.323. The fraction of sp³-hybridized carbons (Fsp3) is 1.00. The molecule has 0 aromatic rings. The van der Waals surface area contributed by atoms with Crippen molar-refractivity contribution >= 4 is 0 Å². The van der Waals surface area contributed by atoms with Gasteiger partial charge in [-0.25, -0.2) is 0 Å². The van der Waals surface area contributed by atoms with Gasteiger partial charge in [0, 0.05) is 13.2 Å². The van der Waals surface area contributed by atoms with Crippen LogP contribution in [0.1, 0.15) is 52.4 Å². The van der Waals surface area contributed by atoms with Crippen LogP contribution in [0, 0.1) is 11.8 Å². The lowest BCUT2D eigenvalue weighted by Gasteiger charge is -2.19. The van der Waals surface area contributed by atoms with Crippen LogP contribution in [0.3, 0.4) is 0 Å². The van der Waals surface area contributed by atoms with Crippen LogP contribution in [0.15, 0.2) is 0 Å². The highest BCUT2D eigenvalue weighted by molar-refractivity contribution is 4.76. The molecule has 1 rings (SSSR count). The zero-order valence-corrected chi connectivity index (χ0v) is 12.3. The van der Waals surface area contributed by atoms with Gasteiger partial charge in [-0.15, -0.1) is 0 Å². The van der Waals surface area contributed by atoms with Gasteiger partial charge < -0.3 is 15.2 Å². The average Bonchev–Trinajstić information content (AvgIpc) is 2.55. The van der Waals surface area contributed by atoms with Crippen molar-refractivity contribution in [1.29, 1.82) is 0 Å². The van der Waals surface area contributed by atoms with Crippen molar-refractivity contribution in [1.82, 2.24) is 5.32 Å². The molecule has 0 heterocycles. The standard InChI is InChI=1S/C15H31NO2/c1-12(2)13-5-4-6-14(8-7-13)16-10-9-15(17)11-18-3/h12-17H,4-11H2,1-3H3. The highest BCUT2D eigenvalue weighted by Gasteiger charge is 2.20. The van der Waals surface area contributed by atoms with Gasteiger partial charge in [-0.1, -0.05) is 26.7 Å². The van der Waals surface area contributed by atoms with E-state index < -0.39 is 0 Å². The van der Waals surface area contributed by atoms with Crippen molar-refractivity contribution in [3.05, 3.63) is 0 Å². The smallest absolute Gasteiger partial charge is 0.0785 e. The highest BCUT2D eigenvalue weighted by atomic mass is 16.5. The van der Waals surface area contributed by atoms with Crippen LogP contribution in [-0.2, 0) is 4.74 Å². The molecule has 108 valence electrons. The lowest BCUT2D eigenvalue weighted by molar-refractivity contribution is 0.0589. The summed E-state index contributed by atoms with van der Waals surface area (Å²) in [4.78, 5) is 0. The molecule has 3 atom stereocenters. The summed E-state index contributed by atoms with van der Waals surface area (Å²) < 4.78 is 4.93. The number of hydrogen-bond donors (Lipinski definition) is 2. The van der Waals surface area contributed by atoms with E-state index in [0.29, 0.717) is 12.6 Å². The number of methoxy groups -OCH3 is 1. The topological polar surface area (TPSA) is 41.5 Å². The predicted octanol–water partition coefficient (Wildman–Crippen LogP) is 2.58. The maximum atomic E-state index is 9.58. The van der Waals surface area contributed by atoms with Gasteiger partial charge in [0.2, 0.25) is 0 Å². The molecule has 0 aromatic heterocycles. The third-order valence-corrected chi connectivity index (χ3v) is 4.23. The normalized spacial score (nSPS) is 27.2. The van der Waals surface area contributed by atoms with Gasteiger partial charge in [0.1, 0.15) is 0 Å². The molecule has 2 N–H and O–H groups in total. The molecule has 0 aliphatic heterocycles. The molecular formula is C15H31NO2. The Morgan fingerprint density at radius 2 is 2.00 bits per heavy atom. The maximum absolute atomic E-state index is 9.58. The Hall–Kier alpha value is -0.120. The molecule has 1 fully saturated rings. The summed E-state index contributed by atoms with van der Waals surface area (Å²) in [7, 11) is 1.63.